The van der Waals surface area contributed by atoms with Gasteiger partial charge >= 0.3 is 5.97 Å². The molecule has 0 unspecified atom stereocenters. The molecule has 0 bridgehead atoms. The topological polar surface area (TPSA) is 94.4 Å². The molecule has 0 N–H and O–H groups in total. The summed E-state index contributed by atoms with van der Waals surface area (Å²) in [6.07, 6.45) is 0.996. The maximum atomic E-state index is 12.5. The molecule has 8 nitrogen and oxygen atoms in total. The van der Waals surface area contributed by atoms with Gasteiger partial charge in [0.2, 0.25) is 10.0 Å². The predicted molar refractivity (Wildman–Crippen MR) is 87.6 cm³/mol. The van der Waals surface area contributed by atoms with Crippen LogP contribution in [0, 0.1) is 5.92 Å². The van der Waals surface area contributed by atoms with Crippen molar-refractivity contribution < 1.29 is 17.9 Å². The van der Waals surface area contributed by atoms with Crippen molar-refractivity contribution in [2.45, 2.75) is 19.4 Å². The second kappa shape index (κ2) is 6.86. The number of carbonyl (C=O) groups is 1. The van der Waals surface area contributed by atoms with Gasteiger partial charge in [0.05, 0.1) is 30.8 Å². The number of rotatable bonds is 5. The first-order valence-corrected chi connectivity index (χ1v) is 9.46. The number of para-hydroxylation sites is 1. The van der Waals surface area contributed by atoms with E-state index in [0.29, 0.717) is 25.9 Å². The standard InChI is InChI=1S/C15H20N4O4S/c1-23-15(20)12-6-8-18(9-7-12)24(21,22)11-10-19-14-5-3-2-4-13(14)16-17-19/h2-5,12H,6-11H2,1H3. The SMILES string of the molecule is COC(=O)C1CCN(S(=O)(=O)CCn2nnc3ccccc32)CC1. The maximum absolute atomic E-state index is 12.5. The Morgan fingerprint density at radius 2 is 2.00 bits per heavy atom. The first kappa shape index (κ1) is 16.8. The van der Waals surface area contributed by atoms with Gasteiger partial charge in [-0.15, -0.1) is 5.10 Å². The van der Waals surface area contributed by atoms with Crippen LogP contribution >= 0.6 is 0 Å². The van der Waals surface area contributed by atoms with Crippen molar-refractivity contribution in [2.24, 2.45) is 5.92 Å². The molecule has 24 heavy (non-hydrogen) atoms. The van der Waals surface area contributed by atoms with Gasteiger partial charge in [-0.3, -0.25) is 4.79 Å². The molecule has 0 aliphatic carbocycles. The lowest BCUT2D eigenvalue weighted by molar-refractivity contribution is -0.146. The zero-order chi connectivity index (χ0) is 17.2. The number of ether oxygens (including phenoxy) is 1. The molecule has 0 amide bonds. The number of esters is 1. The number of piperidine rings is 1. The lowest BCUT2D eigenvalue weighted by Gasteiger charge is -2.29. The van der Waals surface area contributed by atoms with Gasteiger partial charge in [0.1, 0.15) is 5.52 Å². The summed E-state index contributed by atoms with van der Waals surface area (Å²) in [5.74, 6) is -0.509. The van der Waals surface area contributed by atoms with Gasteiger partial charge in [0.25, 0.3) is 0 Å². The molecule has 1 aliphatic rings. The van der Waals surface area contributed by atoms with Crippen LogP contribution in [0.5, 0.6) is 0 Å². The summed E-state index contributed by atoms with van der Waals surface area (Å²) in [5, 5.41) is 8.04. The molecule has 130 valence electrons. The fourth-order valence-electron chi connectivity index (χ4n) is 2.95. The average molecular weight is 352 g/mol. The summed E-state index contributed by atoms with van der Waals surface area (Å²) in [5.41, 5.74) is 1.56. The number of nitrogens with zero attached hydrogens (tertiary/aromatic N) is 4. The number of carbonyl (C=O) groups excluding carboxylic acids is 1. The van der Waals surface area contributed by atoms with E-state index in [9.17, 15) is 13.2 Å². The van der Waals surface area contributed by atoms with Gasteiger partial charge in [-0.25, -0.2) is 17.4 Å². The fraction of sp³-hybridized carbons (Fsp3) is 0.533. The Bertz CT molecular complexity index is 825. The van der Waals surface area contributed by atoms with Crippen LogP contribution in [0.2, 0.25) is 0 Å². The molecule has 3 rings (SSSR count). The van der Waals surface area contributed by atoms with Gasteiger partial charge in [-0.2, -0.15) is 0 Å². The molecule has 0 radical (unpaired) electrons. The Labute approximate surface area is 140 Å². The zero-order valence-corrected chi connectivity index (χ0v) is 14.3. The van der Waals surface area contributed by atoms with E-state index >= 15 is 0 Å². The highest BCUT2D eigenvalue weighted by Crippen LogP contribution is 2.21. The van der Waals surface area contributed by atoms with E-state index in [0.717, 1.165) is 11.0 Å². The van der Waals surface area contributed by atoms with Crippen LogP contribution in [-0.2, 0) is 26.1 Å². The van der Waals surface area contributed by atoms with Crippen LogP contribution in [0.15, 0.2) is 24.3 Å². The van der Waals surface area contributed by atoms with Crippen molar-refractivity contribution >= 4 is 27.0 Å². The normalized spacial score (nSPS) is 17.2. The highest BCUT2D eigenvalue weighted by molar-refractivity contribution is 7.89. The van der Waals surface area contributed by atoms with Crippen LogP contribution in [-0.4, -0.2) is 59.6 Å². The summed E-state index contributed by atoms with van der Waals surface area (Å²) < 4.78 is 32.8. The second-order valence-electron chi connectivity index (χ2n) is 5.81. The first-order valence-electron chi connectivity index (χ1n) is 7.85. The highest BCUT2D eigenvalue weighted by Gasteiger charge is 2.31. The van der Waals surface area contributed by atoms with E-state index in [4.69, 9.17) is 4.74 Å². The maximum Gasteiger partial charge on any atom is 0.308 e. The number of fused-ring (bicyclic) bond motifs is 1. The van der Waals surface area contributed by atoms with Gasteiger partial charge < -0.3 is 4.74 Å². The van der Waals surface area contributed by atoms with Crippen molar-refractivity contribution in [2.75, 3.05) is 26.0 Å². The number of benzene rings is 1. The smallest absolute Gasteiger partial charge is 0.308 e. The number of sulfonamides is 1. The third-order valence-corrected chi connectivity index (χ3v) is 6.21. The summed E-state index contributed by atoms with van der Waals surface area (Å²) in [7, 11) is -2.04. The molecule has 1 aromatic heterocycles. The summed E-state index contributed by atoms with van der Waals surface area (Å²) >= 11 is 0. The van der Waals surface area contributed by atoms with Crippen LogP contribution in [0.4, 0.5) is 0 Å². The summed E-state index contributed by atoms with van der Waals surface area (Å²) in [6.45, 7) is 0.945. The Morgan fingerprint density at radius 1 is 1.29 bits per heavy atom. The van der Waals surface area contributed by atoms with Crippen molar-refractivity contribution in [1.82, 2.24) is 19.3 Å². The fourth-order valence-corrected chi connectivity index (χ4v) is 4.38. The van der Waals surface area contributed by atoms with Crippen LogP contribution in [0.25, 0.3) is 11.0 Å². The number of hydrogen-bond acceptors (Lipinski definition) is 6. The van der Waals surface area contributed by atoms with E-state index in [1.807, 2.05) is 24.3 Å². The van der Waals surface area contributed by atoms with Crippen LogP contribution in [0.1, 0.15) is 12.8 Å². The van der Waals surface area contributed by atoms with E-state index in [1.54, 1.807) is 4.68 Å². The molecule has 2 aromatic rings. The molecular formula is C15H20N4O4S. The molecule has 0 atom stereocenters. The molecule has 0 spiro atoms. The minimum Gasteiger partial charge on any atom is -0.469 e. The lowest BCUT2D eigenvalue weighted by atomic mass is 9.99. The van der Waals surface area contributed by atoms with Crippen LogP contribution in [0.3, 0.4) is 0 Å². The van der Waals surface area contributed by atoms with E-state index in [1.165, 1.54) is 11.4 Å². The summed E-state index contributed by atoms with van der Waals surface area (Å²) in [6, 6.07) is 7.44. The number of aromatic nitrogens is 3. The van der Waals surface area contributed by atoms with Gasteiger partial charge in [-0.05, 0) is 25.0 Å². The Hall–Kier alpha value is -2.00. The van der Waals surface area contributed by atoms with Crippen LogP contribution < -0.4 is 0 Å². The van der Waals surface area contributed by atoms with Gasteiger partial charge in [-0.1, -0.05) is 17.3 Å². The third kappa shape index (κ3) is 3.41. The van der Waals surface area contributed by atoms with Crippen molar-refractivity contribution in [3.63, 3.8) is 0 Å². The molecule has 9 heteroatoms. The first-order chi connectivity index (χ1) is 11.5. The van der Waals surface area contributed by atoms with Gasteiger partial charge in [0.15, 0.2) is 0 Å². The third-order valence-electron chi connectivity index (χ3n) is 4.36. The highest BCUT2D eigenvalue weighted by atomic mass is 32.2. The predicted octanol–water partition coefficient (Wildman–Crippen LogP) is 0.646. The summed E-state index contributed by atoms with van der Waals surface area (Å²) in [4.78, 5) is 11.5. The molecule has 0 saturated carbocycles. The minimum atomic E-state index is -3.39. The van der Waals surface area contributed by atoms with E-state index in [-0.39, 0.29) is 24.2 Å². The number of methoxy groups -OCH3 is 1. The van der Waals surface area contributed by atoms with E-state index in [2.05, 4.69) is 10.3 Å². The van der Waals surface area contributed by atoms with Crippen molar-refractivity contribution in [3.8, 4) is 0 Å². The average Bonchev–Trinajstić information content (AvgIpc) is 3.03. The molecule has 1 fully saturated rings. The van der Waals surface area contributed by atoms with Crippen molar-refractivity contribution in [1.29, 1.82) is 0 Å². The second-order valence-corrected chi connectivity index (χ2v) is 7.90. The minimum absolute atomic E-state index is 0.0384. The number of aryl methyl sites for hydroxylation is 1. The Balaban J connectivity index is 1.62. The quantitative estimate of drug-likeness (QED) is 0.733. The van der Waals surface area contributed by atoms with Crippen molar-refractivity contribution in [3.05, 3.63) is 24.3 Å². The monoisotopic (exact) mass is 352 g/mol. The Morgan fingerprint density at radius 3 is 2.71 bits per heavy atom. The molecular weight excluding hydrogens is 332 g/mol. The number of hydrogen-bond donors (Lipinski definition) is 0. The molecule has 2 heterocycles. The largest absolute Gasteiger partial charge is 0.469 e. The molecule has 1 aromatic carbocycles. The van der Waals surface area contributed by atoms with E-state index < -0.39 is 10.0 Å². The van der Waals surface area contributed by atoms with Gasteiger partial charge in [0, 0.05) is 13.1 Å². The Kier molecular flexibility index (Phi) is 4.81. The zero-order valence-electron chi connectivity index (χ0n) is 13.5. The lowest BCUT2D eigenvalue weighted by Crippen LogP contribution is -2.42. The molecule has 1 saturated heterocycles. The molecule has 1 aliphatic heterocycles.